The highest BCUT2D eigenvalue weighted by Gasteiger charge is 2.32. The second-order valence-electron chi connectivity index (χ2n) is 7.74. The van der Waals surface area contributed by atoms with Crippen molar-refractivity contribution in [3.8, 4) is 0 Å². The Kier molecular flexibility index (Phi) is 4.81. The molecule has 3 aromatic rings. The van der Waals surface area contributed by atoms with E-state index >= 15 is 0 Å². The molecular formula is C23H24N4O3. The monoisotopic (exact) mass is 404 g/mol. The maximum absolute atomic E-state index is 12.1. The Balaban J connectivity index is 1.63. The number of hydrogen-bond acceptors (Lipinski definition) is 5. The lowest BCUT2D eigenvalue weighted by molar-refractivity contribution is 0.0378. The van der Waals surface area contributed by atoms with E-state index in [0.29, 0.717) is 22.6 Å². The number of nitrogens with one attached hydrogen (secondary N) is 1. The summed E-state index contributed by atoms with van der Waals surface area (Å²) < 4.78 is 7.10. The molecular weight excluding hydrogens is 380 g/mol. The fourth-order valence-electron chi connectivity index (χ4n) is 3.63. The van der Waals surface area contributed by atoms with Gasteiger partial charge >= 0.3 is 5.97 Å². The van der Waals surface area contributed by atoms with Crippen molar-refractivity contribution in [1.29, 1.82) is 5.41 Å². The highest BCUT2D eigenvalue weighted by Crippen LogP contribution is 2.32. The highest BCUT2D eigenvalue weighted by molar-refractivity contribution is 6.30. The van der Waals surface area contributed by atoms with Gasteiger partial charge in [0.2, 0.25) is 0 Å². The van der Waals surface area contributed by atoms with Crippen molar-refractivity contribution in [2.45, 2.75) is 26.9 Å². The van der Waals surface area contributed by atoms with Crippen LogP contribution in [0.5, 0.6) is 0 Å². The van der Waals surface area contributed by atoms with Gasteiger partial charge < -0.3 is 19.3 Å². The van der Waals surface area contributed by atoms with Gasteiger partial charge in [-0.25, -0.2) is 9.78 Å². The van der Waals surface area contributed by atoms with E-state index in [4.69, 9.17) is 10.1 Å². The third kappa shape index (κ3) is 3.32. The number of nitrogens with zero attached hydrogens (tertiary/aromatic N) is 3. The van der Waals surface area contributed by atoms with Crippen LogP contribution in [0.3, 0.4) is 0 Å². The highest BCUT2D eigenvalue weighted by atomic mass is 16.5. The van der Waals surface area contributed by atoms with Crippen LogP contribution < -0.4 is 4.90 Å². The van der Waals surface area contributed by atoms with Crippen LogP contribution in [-0.2, 0) is 11.8 Å². The molecule has 0 saturated heterocycles. The van der Waals surface area contributed by atoms with Crippen LogP contribution in [0, 0.1) is 12.3 Å². The van der Waals surface area contributed by atoms with Crippen molar-refractivity contribution >= 4 is 34.1 Å². The lowest BCUT2D eigenvalue weighted by Gasteiger charge is -2.19. The number of amidine groups is 1. The first-order valence-corrected chi connectivity index (χ1v) is 9.79. The van der Waals surface area contributed by atoms with Crippen molar-refractivity contribution in [1.82, 2.24) is 9.55 Å². The number of anilines is 1. The van der Waals surface area contributed by atoms with Crippen LogP contribution in [0.4, 0.5) is 5.69 Å². The number of carbonyl (C=O) groups is 1. The fraction of sp³-hybridized carbons (Fsp3) is 0.261. The van der Waals surface area contributed by atoms with Crippen molar-refractivity contribution in [2.75, 3.05) is 11.4 Å². The second kappa shape index (κ2) is 7.33. The summed E-state index contributed by atoms with van der Waals surface area (Å²) in [6.45, 7) is 5.78. The minimum atomic E-state index is -0.385. The number of fused-ring (bicyclic) bond motifs is 1. The van der Waals surface area contributed by atoms with E-state index in [1.807, 2.05) is 36.7 Å². The van der Waals surface area contributed by atoms with Gasteiger partial charge in [-0.05, 0) is 62.7 Å². The molecule has 0 unspecified atom stereocenters. The lowest BCUT2D eigenvalue weighted by Crippen LogP contribution is -2.26. The largest absolute Gasteiger partial charge is 0.509 e. The molecule has 1 aromatic heterocycles. The summed E-state index contributed by atoms with van der Waals surface area (Å²) in [6.07, 6.45) is -0.190. The average Bonchev–Trinajstić information content (AvgIpc) is 3.16. The molecule has 0 saturated carbocycles. The molecule has 0 amide bonds. The Morgan fingerprint density at radius 1 is 1.20 bits per heavy atom. The van der Waals surface area contributed by atoms with Gasteiger partial charge in [0.1, 0.15) is 17.4 Å². The van der Waals surface area contributed by atoms with E-state index in [2.05, 4.69) is 4.98 Å². The van der Waals surface area contributed by atoms with Gasteiger partial charge in [-0.1, -0.05) is 6.07 Å². The molecule has 2 heterocycles. The number of aryl methyl sites for hydroxylation is 2. The predicted molar refractivity (Wildman–Crippen MR) is 117 cm³/mol. The topological polar surface area (TPSA) is 91.4 Å². The van der Waals surface area contributed by atoms with Gasteiger partial charge in [0.15, 0.2) is 0 Å². The van der Waals surface area contributed by atoms with Crippen LogP contribution in [-0.4, -0.2) is 39.1 Å². The zero-order chi connectivity index (χ0) is 21.6. The number of imidazole rings is 1. The third-order valence-corrected chi connectivity index (χ3v) is 5.12. The van der Waals surface area contributed by atoms with Crippen molar-refractivity contribution < 1.29 is 14.6 Å². The van der Waals surface area contributed by atoms with Gasteiger partial charge in [0.05, 0.1) is 34.8 Å². The third-order valence-electron chi connectivity index (χ3n) is 5.12. The molecule has 7 heteroatoms. The zero-order valence-corrected chi connectivity index (χ0v) is 17.4. The van der Waals surface area contributed by atoms with Gasteiger partial charge in [-0.2, -0.15) is 0 Å². The number of aliphatic hydroxyl groups excluding tert-OH is 1. The Labute approximate surface area is 174 Å². The number of aliphatic hydroxyl groups is 1. The van der Waals surface area contributed by atoms with Gasteiger partial charge in [-0.15, -0.1) is 0 Å². The molecule has 4 rings (SSSR count). The van der Waals surface area contributed by atoms with E-state index in [1.165, 1.54) is 0 Å². The van der Waals surface area contributed by atoms with E-state index < -0.39 is 0 Å². The maximum Gasteiger partial charge on any atom is 0.338 e. The van der Waals surface area contributed by atoms with Crippen molar-refractivity contribution in [3.63, 3.8) is 0 Å². The first-order chi connectivity index (χ1) is 14.3. The van der Waals surface area contributed by atoms with Crippen molar-refractivity contribution in [2.24, 2.45) is 7.05 Å². The summed E-state index contributed by atoms with van der Waals surface area (Å²) in [5, 5.41) is 19.3. The number of aromatic nitrogens is 2. The van der Waals surface area contributed by atoms with Gasteiger partial charge in [0, 0.05) is 12.7 Å². The molecule has 2 aromatic carbocycles. The number of carbonyl (C=O) groups excluding carboxylic acids is 1. The second-order valence-corrected chi connectivity index (χ2v) is 7.74. The molecule has 1 aliphatic heterocycles. The SMILES string of the molecule is Cc1ccc2c(c1)nc(C1=C(O)CN(c3ccc(C(=O)OC(C)C)cc3)C1=N)n2C. The predicted octanol–water partition coefficient (Wildman–Crippen LogP) is 4.21. The summed E-state index contributed by atoms with van der Waals surface area (Å²) >= 11 is 0. The zero-order valence-electron chi connectivity index (χ0n) is 17.4. The number of benzene rings is 2. The molecule has 0 fully saturated rings. The summed E-state index contributed by atoms with van der Waals surface area (Å²) in [4.78, 5) is 18.4. The van der Waals surface area contributed by atoms with E-state index in [1.54, 1.807) is 43.0 Å². The molecule has 0 radical (unpaired) electrons. The standard InChI is InChI=1S/C23H24N4O3/c1-13(2)30-23(29)15-6-8-16(9-7-15)27-12-19(28)20(21(27)24)22-25-17-11-14(3)5-10-18(17)26(22)4/h5-11,13,24,28H,12H2,1-4H3. The van der Waals surface area contributed by atoms with Crippen LogP contribution in [0.2, 0.25) is 0 Å². The molecule has 1 aliphatic rings. The minimum Gasteiger partial charge on any atom is -0.509 e. The van der Waals surface area contributed by atoms with Crippen LogP contribution in [0.25, 0.3) is 16.6 Å². The fourth-order valence-corrected chi connectivity index (χ4v) is 3.63. The molecule has 30 heavy (non-hydrogen) atoms. The van der Waals surface area contributed by atoms with Crippen LogP contribution in [0.1, 0.15) is 35.6 Å². The lowest BCUT2D eigenvalue weighted by atomic mass is 10.2. The smallest absolute Gasteiger partial charge is 0.338 e. The summed E-state index contributed by atoms with van der Waals surface area (Å²) in [5.41, 5.74) is 4.43. The first kappa shape index (κ1) is 19.7. The molecule has 0 spiro atoms. The first-order valence-electron chi connectivity index (χ1n) is 9.79. The number of esters is 1. The molecule has 0 bridgehead atoms. The van der Waals surface area contributed by atoms with Gasteiger partial charge in [0.25, 0.3) is 0 Å². The molecule has 0 aliphatic carbocycles. The quantitative estimate of drug-likeness (QED) is 0.636. The van der Waals surface area contributed by atoms with Gasteiger partial charge in [-0.3, -0.25) is 5.41 Å². The Hall–Kier alpha value is -3.61. The maximum atomic E-state index is 12.1. The van der Waals surface area contributed by atoms with Crippen molar-refractivity contribution in [3.05, 3.63) is 65.2 Å². The Morgan fingerprint density at radius 3 is 2.57 bits per heavy atom. The number of ether oxygens (including phenoxy) is 1. The minimum absolute atomic E-state index is 0.0958. The van der Waals surface area contributed by atoms with E-state index in [0.717, 1.165) is 16.6 Å². The Morgan fingerprint density at radius 2 is 1.90 bits per heavy atom. The molecule has 0 atom stereocenters. The summed E-state index contributed by atoms with van der Waals surface area (Å²) in [7, 11) is 1.88. The van der Waals surface area contributed by atoms with Crippen LogP contribution >= 0.6 is 0 Å². The summed E-state index contributed by atoms with van der Waals surface area (Å²) in [6, 6.07) is 12.8. The van der Waals surface area contributed by atoms with Crippen LogP contribution in [0.15, 0.2) is 48.2 Å². The molecule has 7 nitrogen and oxygen atoms in total. The van der Waals surface area contributed by atoms with E-state index in [-0.39, 0.29) is 30.2 Å². The average molecular weight is 404 g/mol. The molecule has 2 N–H and O–H groups in total. The normalized spacial score (nSPS) is 14.3. The molecule has 154 valence electrons. The number of hydrogen-bond donors (Lipinski definition) is 2. The summed E-state index contributed by atoms with van der Waals surface area (Å²) in [5.74, 6) is 0.431. The van der Waals surface area contributed by atoms with E-state index in [9.17, 15) is 9.90 Å². The Bertz CT molecular complexity index is 1190. The number of rotatable bonds is 4.